The largest absolute Gasteiger partial charge is 0.345 e. The summed E-state index contributed by atoms with van der Waals surface area (Å²) < 4.78 is 0. The van der Waals surface area contributed by atoms with Gasteiger partial charge in [-0.05, 0) is 30.7 Å². The molecule has 6 heteroatoms. The SMILES string of the molecule is C[C@H](NC(=O)c1cc(-c2ccc(Cl)cc2)nc2n[nH]c(-c3ccccc3)c12)c1ccccc1. The summed E-state index contributed by atoms with van der Waals surface area (Å²) in [5, 5.41) is 12.0. The second kappa shape index (κ2) is 8.88. The lowest BCUT2D eigenvalue weighted by atomic mass is 10.0. The first-order valence-electron chi connectivity index (χ1n) is 10.7. The van der Waals surface area contributed by atoms with Gasteiger partial charge >= 0.3 is 0 Å². The Morgan fingerprint density at radius 2 is 1.58 bits per heavy atom. The summed E-state index contributed by atoms with van der Waals surface area (Å²) in [5.74, 6) is -0.187. The minimum Gasteiger partial charge on any atom is -0.345 e. The van der Waals surface area contributed by atoms with Gasteiger partial charge in [0, 0.05) is 16.1 Å². The molecule has 0 saturated carbocycles. The third kappa shape index (κ3) is 4.23. The molecule has 2 N–H and O–H groups in total. The van der Waals surface area contributed by atoms with Gasteiger partial charge in [0.05, 0.1) is 28.4 Å². The predicted octanol–water partition coefficient (Wildman–Crippen LogP) is 6.44. The zero-order valence-electron chi connectivity index (χ0n) is 17.9. The van der Waals surface area contributed by atoms with Crippen molar-refractivity contribution in [1.29, 1.82) is 0 Å². The van der Waals surface area contributed by atoms with Crippen LogP contribution in [0.15, 0.2) is 91.0 Å². The molecule has 0 saturated heterocycles. The van der Waals surface area contributed by atoms with Gasteiger partial charge in [-0.2, -0.15) is 5.10 Å². The van der Waals surface area contributed by atoms with Crippen LogP contribution in [-0.4, -0.2) is 21.1 Å². The summed E-state index contributed by atoms with van der Waals surface area (Å²) in [7, 11) is 0. The smallest absolute Gasteiger partial charge is 0.252 e. The van der Waals surface area contributed by atoms with E-state index >= 15 is 0 Å². The number of carbonyl (C=O) groups excluding carboxylic acids is 1. The maximum atomic E-state index is 13.6. The zero-order valence-corrected chi connectivity index (χ0v) is 18.7. The van der Waals surface area contributed by atoms with E-state index in [9.17, 15) is 4.79 Å². The number of hydrogen-bond acceptors (Lipinski definition) is 3. The highest BCUT2D eigenvalue weighted by Crippen LogP contribution is 2.32. The molecule has 0 radical (unpaired) electrons. The molecule has 0 aliphatic heterocycles. The fraction of sp³-hybridized carbons (Fsp3) is 0.0741. The van der Waals surface area contributed by atoms with E-state index in [0.717, 1.165) is 22.4 Å². The Morgan fingerprint density at radius 1 is 0.909 bits per heavy atom. The molecule has 33 heavy (non-hydrogen) atoms. The zero-order chi connectivity index (χ0) is 22.8. The van der Waals surface area contributed by atoms with Crippen molar-refractivity contribution in [2.45, 2.75) is 13.0 Å². The van der Waals surface area contributed by atoms with Crippen LogP contribution < -0.4 is 5.32 Å². The van der Waals surface area contributed by atoms with Gasteiger partial charge in [-0.1, -0.05) is 84.4 Å². The van der Waals surface area contributed by atoms with E-state index in [-0.39, 0.29) is 11.9 Å². The van der Waals surface area contributed by atoms with E-state index < -0.39 is 0 Å². The van der Waals surface area contributed by atoms with Gasteiger partial charge in [0.15, 0.2) is 5.65 Å². The number of halogens is 1. The summed E-state index contributed by atoms with van der Waals surface area (Å²) in [6.45, 7) is 1.97. The fourth-order valence-electron chi connectivity index (χ4n) is 3.88. The van der Waals surface area contributed by atoms with Crippen molar-refractivity contribution in [1.82, 2.24) is 20.5 Å². The second-order valence-electron chi connectivity index (χ2n) is 7.83. The molecule has 1 atom stereocenters. The molecule has 5 aromatic rings. The van der Waals surface area contributed by atoms with Crippen LogP contribution in [0.4, 0.5) is 0 Å². The van der Waals surface area contributed by atoms with Crippen molar-refractivity contribution >= 4 is 28.5 Å². The van der Waals surface area contributed by atoms with Crippen LogP contribution in [0, 0.1) is 0 Å². The highest BCUT2D eigenvalue weighted by molar-refractivity contribution is 6.30. The molecule has 0 unspecified atom stereocenters. The van der Waals surface area contributed by atoms with E-state index in [1.807, 2.05) is 85.8 Å². The molecular formula is C27H21ClN4O. The molecule has 5 nitrogen and oxygen atoms in total. The summed E-state index contributed by atoms with van der Waals surface area (Å²) in [6, 6.07) is 28.7. The van der Waals surface area contributed by atoms with Gasteiger partial charge in [-0.15, -0.1) is 0 Å². The molecule has 0 fully saturated rings. The lowest BCUT2D eigenvalue weighted by Crippen LogP contribution is -2.27. The number of amides is 1. The van der Waals surface area contributed by atoms with Crippen LogP contribution in [0.5, 0.6) is 0 Å². The van der Waals surface area contributed by atoms with E-state index in [1.165, 1.54) is 0 Å². The molecule has 5 rings (SSSR count). The average Bonchev–Trinajstić information content (AvgIpc) is 3.29. The number of carbonyl (C=O) groups is 1. The maximum absolute atomic E-state index is 13.6. The first kappa shape index (κ1) is 20.9. The molecule has 2 heterocycles. The maximum Gasteiger partial charge on any atom is 0.252 e. The standard InChI is InChI=1S/C27H21ClN4O/c1-17(18-8-4-2-5-9-18)29-27(33)22-16-23(19-12-14-21(28)15-13-19)30-26-24(22)25(31-32-26)20-10-6-3-7-11-20/h2-17H,1H3,(H,29,33)(H,30,31,32)/t17-/m0/s1. The highest BCUT2D eigenvalue weighted by Gasteiger charge is 2.21. The van der Waals surface area contributed by atoms with Crippen LogP contribution >= 0.6 is 11.6 Å². The number of H-pyrrole nitrogens is 1. The van der Waals surface area contributed by atoms with E-state index in [0.29, 0.717) is 27.3 Å². The second-order valence-corrected chi connectivity index (χ2v) is 8.27. The topological polar surface area (TPSA) is 70.7 Å². The van der Waals surface area contributed by atoms with Gasteiger partial charge in [0.1, 0.15) is 0 Å². The van der Waals surface area contributed by atoms with Crippen LogP contribution in [0.3, 0.4) is 0 Å². The van der Waals surface area contributed by atoms with Crippen molar-refractivity contribution < 1.29 is 4.79 Å². The fourth-order valence-corrected chi connectivity index (χ4v) is 4.01. The van der Waals surface area contributed by atoms with Crippen molar-refractivity contribution in [2.75, 3.05) is 0 Å². The Kier molecular flexibility index (Phi) is 5.63. The number of fused-ring (bicyclic) bond motifs is 1. The van der Waals surface area contributed by atoms with Crippen molar-refractivity contribution in [3.8, 4) is 22.5 Å². The molecule has 1 amide bonds. The van der Waals surface area contributed by atoms with E-state index in [1.54, 1.807) is 12.1 Å². The van der Waals surface area contributed by atoms with Gasteiger partial charge in [-0.25, -0.2) is 4.98 Å². The number of rotatable bonds is 5. The normalized spacial score (nSPS) is 11.9. The molecule has 0 aliphatic rings. The highest BCUT2D eigenvalue weighted by atomic mass is 35.5. The Hall–Kier alpha value is -3.96. The number of aromatic amines is 1. The van der Waals surface area contributed by atoms with Crippen molar-refractivity contribution in [3.05, 3.63) is 107 Å². The van der Waals surface area contributed by atoms with Crippen LogP contribution in [-0.2, 0) is 0 Å². The Morgan fingerprint density at radius 3 is 2.27 bits per heavy atom. The summed E-state index contributed by atoms with van der Waals surface area (Å²) >= 11 is 6.06. The number of nitrogens with one attached hydrogen (secondary N) is 2. The third-order valence-electron chi connectivity index (χ3n) is 5.62. The number of pyridine rings is 1. The summed E-state index contributed by atoms with van der Waals surface area (Å²) in [4.78, 5) is 18.3. The van der Waals surface area contributed by atoms with Gasteiger partial charge in [0.25, 0.3) is 5.91 Å². The number of benzene rings is 3. The first-order valence-corrected chi connectivity index (χ1v) is 11.0. The quantitative estimate of drug-likeness (QED) is 0.322. The van der Waals surface area contributed by atoms with Crippen molar-refractivity contribution in [2.24, 2.45) is 0 Å². The van der Waals surface area contributed by atoms with Gasteiger partial charge in [0.2, 0.25) is 0 Å². The molecule has 3 aromatic carbocycles. The van der Waals surface area contributed by atoms with Crippen molar-refractivity contribution in [3.63, 3.8) is 0 Å². The molecule has 0 bridgehead atoms. The monoisotopic (exact) mass is 452 g/mol. The number of aromatic nitrogens is 3. The molecular weight excluding hydrogens is 432 g/mol. The van der Waals surface area contributed by atoms with Crippen LogP contribution in [0.25, 0.3) is 33.5 Å². The Bertz CT molecular complexity index is 1410. The Labute approximate surface area is 196 Å². The number of nitrogens with zero attached hydrogens (tertiary/aromatic N) is 2. The van der Waals surface area contributed by atoms with E-state index in [4.69, 9.17) is 16.6 Å². The first-order chi connectivity index (χ1) is 16.1. The van der Waals surface area contributed by atoms with Gasteiger partial charge < -0.3 is 5.32 Å². The van der Waals surface area contributed by atoms with Gasteiger partial charge in [-0.3, -0.25) is 9.89 Å². The lowest BCUT2D eigenvalue weighted by molar-refractivity contribution is 0.0941. The van der Waals surface area contributed by atoms with Crippen LogP contribution in [0.1, 0.15) is 28.9 Å². The third-order valence-corrected chi connectivity index (χ3v) is 5.87. The predicted molar refractivity (Wildman–Crippen MR) is 132 cm³/mol. The minimum absolute atomic E-state index is 0.159. The molecule has 2 aromatic heterocycles. The Balaban J connectivity index is 1.64. The van der Waals surface area contributed by atoms with Crippen LogP contribution in [0.2, 0.25) is 5.02 Å². The average molecular weight is 453 g/mol. The molecule has 0 spiro atoms. The summed E-state index contributed by atoms with van der Waals surface area (Å²) in [5.41, 5.74) is 5.24. The minimum atomic E-state index is -0.187. The molecule has 0 aliphatic carbocycles. The molecule has 162 valence electrons. The number of hydrogen-bond donors (Lipinski definition) is 2. The summed E-state index contributed by atoms with van der Waals surface area (Å²) in [6.07, 6.45) is 0. The lowest BCUT2D eigenvalue weighted by Gasteiger charge is -2.15. The van der Waals surface area contributed by atoms with E-state index in [2.05, 4.69) is 15.5 Å².